The summed E-state index contributed by atoms with van der Waals surface area (Å²) in [5, 5.41) is 0. The molecule has 2 aromatic rings. The van der Waals surface area contributed by atoms with Gasteiger partial charge in [-0.05, 0) is 35.4 Å². The third kappa shape index (κ3) is 3.07. The molecule has 0 aliphatic rings. The van der Waals surface area contributed by atoms with E-state index in [9.17, 15) is 4.79 Å². The number of benzene rings is 2. The molecule has 2 rings (SSSR count). The van der Waals surface area contributed by atoms with Gasteiger partial charge in [-0.15, -0.1) is 0 Å². The molecular weight excluding hydrogens is 264 g/mol. The van der Waals surface area contributed by atoms with Gasteiger partial charge in [0.1, 0.15) is 5.75 Å². The molecule has 0 saturated heterocycles. The highest BCUT2D eigenvalue weighted by atomic mass is 16.5. The maximum Gasteiger partial charge on any atom is 0.337 e. The molecule has 0 bridgehead atoms. The Kier molecular flexibility index (Phi) is 4.32. The molecule has 110 valence electrons. The van der Waals surface area contributed by atoms with Crippen LogP contribution in [-0.2, 0) is 10.2 Å². The van der Waals surface area contributed by atoms with Gasteiger partial charge < -0.3 is 9.47 Å². The maximum absolute atomic E-state index is 11.5. The van der Waals surface area contributed by atoms with Crippen LogP contribution in [0.15, 0.2) is 48.5 Å². The van der Waals surface area contributed by atoms with Gasteiger partial charge in [-0.25, -0.2) is 4.79 Å². The second-order valence-electron chi connectivity index (χ2n) is 5.42. The number of carbonyl (C=O) groups is 1. The summed E-state index contributed by atoms with van der Waals surface area (Å²) in [6, 6.07) is 15.6. The minimum absolute atomic E-state index is 0.152. The summed E-state index contributed by atoms with van der Waals surface area (Å²) in [6.07, 6.45) is 0. The molecule has 3 nitrogen and oxygen atoms in total. The van der Waals surface area contributed by atoms with Gasteiger partial charge in [-0.1, -0.05) is 38.1 Å². The molecule has 0 saturated carbocycles. The molecule has 0 aromatic heterocycles. The zero-order chi connectivity index (χ0) is 15.5. The summed E-state index contributed by atoms with van der Waals surface area (Å²) < 4.78 is 9.91. The average Bonchev–Trinajstić information content (AvgIpc) is 2.54. The number of esters is 1. The van der Waals surface area contributed by atoms with Crippen molar-refractivity contribution in [2.24, 2.45) is 0 Å². The van der Waals surface area contributed by atoms with E-state index in [-0.39, 0.29) is 11.4 Å². The first-order valence-corrected chi connectivity index (χ1v) is 6.82. The highest BCUT2D eigenvalue weighted by molar-refractivity contribution is 5.89. The fourth-order valence-corrected chi connectivity index (χ4v) is 2.32. The van der Waals surface area contributed by atoms with Crippen LogP contribution in [0.2, 0.25) is 0 Å². The van der Waals surface area contributed by atoms with Gasteiger partial charge >= 0.3 is 5.97 Å². The van der Waals surface area contributed by atoms with Crippen LogP contribution < -0.4 is 4.74 Å². The summed E-state index contributed by atoms with van der Waals surface area (Å²) in [5.74, 6) is 0.527. The molecule has 0 aliphatic carbocycles. The normalized spacial score (nSPS) is 11.0. The lowest BCUT2D eigenvalue weighted by Crippen LogP contribution is -2.19. The van der Waals surface area contributed by atoms with Gasteiger partial charge in [0.2, 0.25) is 0 Å². The average molecular weight is 284 g/mol. The van der Waals surface area contributed by atoms with Crippen molar-refractivity contribution in [3.8, 4) is 5.75 Å². The quantitative estimate of drug-likeness (QED) is 0.801. The topological polar surface area (TPSA) is 35.5 Å². The van der Waals surface area contributed by atoms with Crippen molar-refractivity contribution in [1.82, 2.24) is 0 Å². The van der Waals surface area contributed by atoms with Crippen LogP contribution in [0, 0.1) is 0 Å². The minimum Gasteiger partial charge on any atom is -0.497 e. The predicted octanol–water partition coefficient (Wildman–Crippen LogP) is 3.81. The lowest BCUT2D eigenvalue weighted by Gasteiger charge is -2.26. The largest absolute Gasteiger partial charge is 0.497 e. The number of ether oxygens (including phenoxy) is 2. The van der Waals surface area contributed by atoms with Crippen molar-refractivity contribution in [3.63, 3.8) is 0 Å². The highest BCUT2D eigenvalue weighted by Gasteiger charge is 2.23. The summed E-state index contributed by atoms with van der Waals surface area (Å²) in [4.78, 5) is 11.5. The summed E-state index contributed by atoms with van der Waals surface area (Å²) in [5.41, 5.74) is 2.74. The van der Waals surface area contributed by atoms with Crippen molar-refractivity contribution >= 4 is 5.97 Å². The van der Waals surface area contributed by atoms with Crippen LogP contribution in [0.25, 0.3) is 0 Å². The molecule has 21 heavy (non-hydrogen) atoms. The SMILES string of the molecule is COC(=O)c1ccc(C(C)(C)c2ccc(OC)cc2)cc1. The molecule has 0 N–H and O–H groups in total. The lowest BCUT2D eigenvalue weighted by molar-refractivity contribution is 0.0600. The molecular formula is C18H20O3. The monoisotopic (exact) mass is 284 g/mol. The molecule has 0 unspecified atom stereocenters. The zero-order valence-corrected chi connectivity index (χ0v) is 12.8. The van der Waals surface area contributed by atoms with Crippen molar-refractivity contribution < 1.29 is 14.3 Å². The Morgan fingerprint density at radius 2 is 1.33 bits per heavy atom. The van der Waals surface area contributed by atoms with E-state index in [0.29, 0.717) is 5.56 Å². The van der Waals surface area contributed by atoms with Crippen molar-refractivity contribution in [2.75, 3.05) is 14.2 Å². The summed E-state index contributed by atoms with van der Waals surface area (Å²) in [6.45, 7) is 4.31. The molecule has 0 spiro atoms. The third-order valence-electron chi connectivity index (χ3n) is 3.84. The standard InChI is InChI=1S/C18H20O3/c1-18(2,15-9-11-16(20-3)12-10-15)14-7-5-13(6-8-14)17(19)21-4/h5-12H,1-4H3. The Morgan fingerprint density at radius 3 is 1.76 bits per heavy atom. The number of methoxy groups -OCH3 is 2. The maximum atomic E-state index is 11.5. The third-order valence-corrected chi connectivity index (χ3v) is 3.84. The Bertz CT molecular complexity index is 610. The molecule has 3 heteroatoms. The Hall–Kier alpha value is -2.29. The van der Waals surface area contributed by atoms with E-state index < -0.39 is 0 Å². The molecule has 0 amide bonds. The van der Waals surface area contributed by atoms with E-state index in [1.165, 1.54) is 12.7 Å². The molecule has 2 aromatic carbocycles. The van der Waals surface area contributed by atoms with E-state index in [4.69, 9.17) is 9.47 Å². The van der Waals surface area contributed by atoms with E-state index in [1.807, 2.05) is 24.3 Å². The predicted molar refractivity (Wildman–Crippen MR) is 82.9 cm³/mol. The van der Waals surface area contributed by atoms with Gasteiger partial charge in [-0.2, -0.15) is 0 Å². The van der Waals surface area contributed by atoms with Crippen molar-refractivity contribution in [3.05, 3.63) is 65.2 Å². The fraction of sp³-hybridized carbons (Fsp3) is 0.278. The minimum atomic E-state index is -0.316. The van der Waals surface area contributed by atoms with Gasteiger partial charge in [-0.3, -0.25) is 0 Å². The van der Waals surface area contributed by atoms with Crippen molar-refractivity contribution in [2.45, 2.75) is 19.3 Å². The van der Waals surface area contributed by atoms with Crippen LogP contribution in [0.5, 0.6) is 5.75 Å². The first kappa shape index (κ1) is 15.1. The number of carbonyl (C=O) groups excluding carboxylic acids is 1. The first-order valence-electron chi connectivity index (χ1n) is 6.82. The van der Waals surface area contributed by atoms with E-state index in [1.54, 1.807) is 19.2 Å². The smallest absolute Gasteiger partial charge is 0.337 e. The fourth-order valence-electron chi connectivity index (χ4n) is 2.32. The van der Waals surface area contributed by atoms with Gasteiger partial charge in [0.15, 0.2) is 0 Å². The van der Waals surface area contributed by atoms with E-state index in [2.05, 4.69) is 26.0 Å². The van der Waals surface area contributed by atoms with Crippen molar-refractivity contribution in [1.29, 1.82) is 0 Å². The number of hydrogen-bond acceptors (Lipinski definition) is 3. The lowest BCUT2D eigenvalue weighted by atomic mass is 9.78. The van der Waals surface area contributed by atoms with Crippen LogP contribution in [-0.4, -0.2) is 20.2 Å². The molecule has 0 radical (unpaired) electrons. The molecule has 0 fully saturated rings. The highest BCUT2D eigenvalue weighted by Crippen LogP contribution is 2.32. The Morgan fingerprint density at radius 1 is 0.857 bits per heavy atom. The Balaban J connectivity index is 2.31. The van der Waals surface area contributed by atoms with Gasteiger partial charge in [0.05, 0.1) is 19.8 Å². The molecule has 0 atom stereocenters. The summed E-state index contributed by atoms with van der Waals surface area (Å²) in [7, 11) is 3.04. The zero-order valence-electron chi connectivity index (χ0n) is 12.8. The van der Waals surface area contributed by atoms with E-state index in [0.717, 1.165) is 11.3 Å². The Labute approximate surface area is 125 Å². The van der Waals surface area contributed by atoms with Crippen LogP contribution >= 0.6 is 0 Å². The second kappa shape index (κ2) is 6.00. The van der Waals surface area contributed by atoms with Gasteiger partial charge in [0, 0.05) is 5.41 Å². The van der Waals surface area contributed by atoms with Crippen LogP contribution in [0.1, 0.15) is 35.3 Å². The van der Waals surface area contributed by atoms with Crippen LogP contribution in [0.3, 0.4) is 0 Å². The van der Waals surface area contributed by atoms with Gasteiger partial charge in [0.25, 0.3) is 0 Å². The summed E-state index contributed by atoms with van der Waals surface area (Å²) >= 11 is 0. The van der Waals surface area contributed by atoms with Crippen LogP contribution in [0.4, 0.5) is 0 Å². The first-order chi connectivity index (χ1) is 9.98. The molecule has 0 heterocycles. The molecule has 0 aliphatic heterocycles. The number of rotatable bonds is 4. The second-order valence-corrected chi connectivity index (χ2v) is 5.42. The van der Waals surface area contributed by atoms with E-state index >= 15 is 0 Å². The number of hydrogen-bond donors (Lipinski definition) is 0.